The number of likely N-dealkylation sites (tertiary alicyclic amines) is 2. The number of nitrogens with zero attached hydrogens (tertiary/aromatic N) is 3. The highest BCUT2D eigenvalue weighted by molar-refractivity contribution is 6.12. The number of nitrogens with one attached hydrogen (secondary N) is 1. The molecule has 1 atom stereocenters. The zero-order valence-electron chi connectivity index (χ0n) is 21.0. The van der Waals surface area contributed by atoms with Gasteiger partial charge in [-0.05, 0) is 73.6 Å². The first-order valence-electron chi connectivity index (χ1n) is 12.5. The SMILES string of the molecule is C=C(\C=C/C(=C\C)C(=C\CC)/C=C(\C=N)C(=O)N1CCC(c2ccc(C#N)cc2)C1)N1CCCC1. The summed E-state index contributed by atoms with van der Waals surface area (Å²) in [4.78, 5) is 17.5. The van der Waals surface area contributed by atoms with E-state index in [1.54, 1.807) is 0 Å². The van der Waals surface area contributed by atoms with E-state index in [1.807, 2.05) is 54.3 Å². The lowest BCUT2D eigenvalue weighted by molar-refractivity contribution is -0.125. The van der Waals surface area contributed by atoms with Crippen molar-refractivity contribution in [2.75, 3.05) is 26.2 Å². The van der Waals surface area contributed by atoms with E-state index in [2.05, 4.69) is 36.6 Å². The quantitative estimate of drug-likeness (QED) is 0.279. The van der Waals surface area contributed by atoms with Crippen LogP contribution < -0.4 is 0 Å². The van der Waals surface area contributed by atoms with E-state index in [0.717, 1.165) is 48.3 Å². The summed E-state index contributed by atoms with van der Waals surface area (Å²) in [5, 5.41) is 17.0. The van der Waals surface area contributed by atoms with Crippen molar-refractivity contribution in [2.45, 2.75) is 45.4 Å². The van der Waals surface area contributed by atoms with Gasteiger partial charge in [0.05, 0.1) is 17.2 Å². The molecule has 0 saturated carbocycles. The van der Waals surface area contributed by atoms with Crippen LogP contribution in [0.5, 0.6) is 0 Å². The summed E-state index contributed by atoms with van der Waals surface area (Å²) in [6.07, 6.45) is 15.4. The molecular weight excluding hydrogens is 432 g/mol. The summed E-state index contributed by atoms with van der Waals surface area (Å²) in [6.45, 7) is 11.7. The molecular formula is C30H36N4O. The highest BCUT2D eigenvalue weighted by atomic mass is 16.2. The first-order chi connectivity index (χ1) is 17.0. The Morgan fingerprint density at radius 3 is 2.43 bits per heavy atom. The van der Waals surface area contributed by atoms with E-state index >= 15 is 0 Å². The number of hydrogen-bond acceptors (Lipinski definition) is 4. The molecule has 2 saturated heterocycles. The smallest absolute Gasteiger partial charge is 0.255 e. The van der Waals surface area contributed by atoms with E-state index in [9.17, 15) is 4.79 Å². The van der Waals surface area contributed by atoms with E-state index in [4.69, 9.17) is 10.7 Å². The van der Waals surface area contributed by atoms with Crippen molar-refractivity contribution in [3.8, 4) is 6.07 Å². The Morgan fingerprint density at radius 2 is 1.83 bits per heavy atom. The topological polar surface area (TPSA) is 71.2 Å². The zero-order valence-corrected chi connectivity index (χ0v) is 21.0. The fourth-order valence-corrected chi connectivity index (χ4v) is 4.70. The van der Waals surface area contributed by atoms with Gasteiger partial charge in [0.1, 0.15) is 0 Å². The van der Waals surface area contributed by atoms with Crippen molar-refractivity contribution < 1.29 is 4.79 Å². The fraction of sp³-hybridized carbons (Fsp3) is 0.367. The molecule has 0 spiro atoms. The van der Waals surface area contributed by atoms with Crippen LogP contribution in [0.4, 0.5) is 0 Å². The first kappa shape index (κ1) is 26.0. The van der Waals surface area contributed by atoms with E-state index < -0.39 is 0 Å². The first-order valence-corrected chi connectivity index (χ1v) is 12.5. The van der Waals surface area contributed by atoms with Gasteiger partial charge in [-0.15, -0.1) is 0 Å². The molecule has 3 rings (SSSR count). The third kappa shape index (κ3) is 6.70. The lowest BCUT2D eigenvalue weighted by Gasteiger charge is -2.18. The molecule has 2 aliphatic heterocycles. The summed E-state index contributed by atoms with van der Waals surface area (Å²) < 4.78 is 0. The molecule has 0 aliphatic carbocycles. The average Bonchev–Trinajstić information content (AvgIpc) is 3.60. The molecule has 182 valence electrons. The number of carbonyl (C=O) groups excluding carboxylic acids is 1. The minimum Gasteiger partial charge on any atom is -0.372 e. The van der Waals surface area contributed by atoms with Gasteiger partial charge in [-0.2, -0.15) is 5.26 Å². The zero-order chi connectivity index (χ0) is 25.2. The van der Waals surface area contributed by atoms with Crippen LogP contribution in [0.15, 0.2) is 83.6 Å². The number of amides is 1. The molecule has 35 heavy (non-hydrogen) atoms. The molecule has 2 fully saturated rings. The van der Waals surface area contributed by atoms with Crippen LogP contribution in [-0.4, -0.2) is 48.1 Å². The molecule has 1 amide bonds. The summed E-state index contributed by atoms with van der Waals surface area (Å²) in [5.41, 5.74) is 5.13. The molecule has 0 bridgehead atoms. The standard InChI is InChI=1S/C30H36N4O/c1-4-8-27(25(5-2)12-9-23(3)33-16-6-7-17-33)19-29(21-32)30(35)34-18-15-28(22-34)26-13-10-24(20-31)11-14-26/h5,8-14,19,21,28,32H,3-4,6-7,15-18,22H2,1-2H3/b12-9-,25-5+,27-8-,29-19+,32-21?. The van der Waals surface area contributed by atoms with Gasteiger partial charge in [-0.25, -0.2) is 0 Å². The summed E-state index contributed by atoms with van der Waals surface area (Å²) in [7, 11) is 0. The molecule has 1 N–H and O–H groups in total. The normalized spacial score (nSPS) is 19.3. The van der Waals surface area contributed by atoms with Gasteiger partial charge in [0.15, 0.2) is 0 Å². The second-order valence-electron chi connectivity index (χ2n) is 9.05. The van der Waals surface area contributed by atoms with Crippen LogP contribution in [0.2, 0.25) is 0 Å². The molecule has 1 aromatic carbocycles. The Labute approximate surface area is 209 Å². The van der Waals surface area contributed by atoms with Crippen LogP contribution in [0.3, 0.4) is 0 Å². The third-order valence-electron chi connectivity index (χ3n) is 6.74. The molecule has 1 unspecified atom stereocenters. The predicted octanol–water partition coefficient (Wildman–Crippen LogP) is 5.90. The van der Waals surface area contributed by atoms with Crippen molar-refractivity contribution >= 4 is 12.1 Å². The van der Waals surface area contributed by atoms with Gasteiger partial charge in [-0.3, -0.25) is 4.79 Å². The number of nitriles is 1. The van der Waals surface area contributed by atoms with Crippen LogP contribution in [0.25, 0.3) is 0 Å². The van der Waals surface area contributed by atoms with Crippen molar-refractivity contribution in [3.05, 3.63) is 94.8 Å². The largest absolute Gasteiger partial charge is 0.372 e. The van der Waals surface area contributed by atoms with Gasteiger partial charge in [0.25, 0.3) is 5.91 Å². The Morgan fingerprint density at radius 1 is 1.11 bits per heavy atom. The average molecular weight is 469 g/mol. The Balaban J connectivity index is 1.73. The van der Waals surface area contributed by atoms with Crippen LogP contribution in [0.1, 0.15) is 56.6 Å². The maximum absolute atomic E-state index is 13.3. The Bertz CT molecular complexity index is 1090. The molecule has 0 aromatic heterocycles. The van der Waals surface area contributed by atoms with Crippen LogP contribution in [0, 0.1) is 16.7 Å². The van der Waals surface area contributed by atoms with Crippen molar-refractivity contribution in [1.29, 1.82) is 10.7 Å². The number of hydrogen-bond donors (Lipinski definition) is 1. The predicted molar refractivity (Wildman–Crippen MR) is 143 cm³/mol. The third-order valence-corrected chi connectivity index (χ3v) is 6.74. The lowest BCUT2D eigenvalue weighted by atomic mass is 9.97. The minimum atomic E-state index is -0.112. The van der Waals surface area contributed by atoms with Crippen LogP contribution >= 0.6 is 0 Å². The van der Waals surface area contributed by atoms with E-state index in [1.165, 1.54) is 19.1 Å². The molecule has 2 aliphatic rings. The van der Waals surface area contributed by atoms with Gasteiger partial charge >= 0.3 is 0 Å². The molecule has 5 nitrogen and oxygen atoms in total. The number of carbonyl (C=O) groups is 1. The summed E-state index contributed by atoms with van der Waals surface area (Å²) in [6, 6.07) is 9.76. The van der Waals surface area contributed by atoms with Gasteiger partial charge in [0.2, 0.25) is 0 Å². The van der Waals surface area contributed by atoms with E-state index in [0.29, 0.717) is 24.2 Å². The monoisotopic (exact) mass is 468 g/mol. The fourth-order valence-electron chi connectivity index (χ4n) is 4.70. The Kier molecular flexibility index (Phi) is 9.43. The summed E-state index contributed by atoms with van der Waals surface area (Å²) >= 11 is 0. The second kappa shape index (κ2) is 12.7. The molecule has 2 heterocycles. The van der Waals surface area contributed by atoms with Crippen molar-refractivity contribution in [3.63, 3.8) is 0 Å². The maximum atomic E-state index is 13.3. The Hall–Kier alpha value is -3.65. The van der Waals surface area contributed by atoms with E-state index in [-0.39, 0.29) is 11.8 Å². The number of allylic oxidation sites excluding steroid dienone is 7. The van der Waals surface area contributed by atoms with Gasteiger partial charge in [-0.1, -0.05) is 43.9 Å². The van der Waals surface area contributed by atoms with Crippen LogP contribution in [-0.2, 0) is 4.79 Å². The molecule has 0 radical (unpaired) electrons. The number of benzene rings is 1. The molecule has 5 heteroatoms. The summed E-state index contributed by atoms with van der Waals surface area (Å²) in [5.74, 6) is 0.133. The second-order valence-corrected chi connectivity index (χ2v) is 9.05. The van der Waals surface area contributed by atoms with Crippen molar-refractivity contribution in [1.82, 2.24) is 9.80 Å². The number of rotatable bonds is 9. The van der Waals surface area contributed by atoms with Crippen molar-refractivity contribution in [2.24, 2.45) is 0 Å². The minimum absolute atomic E-state index is 0.112. The highest BCUT2D eigenvalue weighted by Gasteiger charge is 2.28. The maximum Gasteiger partial charge on any atom is 0.255 e. The lowest BCUT2D eigenvalue weighted by Crippen LogP contribution is -2.30. The molecule has 1 aromatic rings. The van der Waals surface area contributed by atoms with Gasteiger partial charge in [0, 0.05) is 44.0 Å². The van der Waals surface area contributed by atoms with Gasteiger partial charge < -0.3 is 15.2 Å². The highest BCUT2D eigenvalue weighted by Crippen LogP contribution is 2.28.